The third-order valence-electron chi connectivity index (χ3n) is 8.63. The number of carbonyl (C=O) groups is 2. The van der Waals surface area contributed by atoms with Gasteiger partial charge in [0.25, 0.3) is 0 Å². The molecule has 1 aliphatic carbocycles. The fourth-order valence-electron chi connectivity index (χ4n) is 7.83. The molecule has 1 aromatic carbocycles. The summed E-state index contributed by atoms with van der Waals surface area (Å²) in [5.74, 6) is 1.04. The van der Waals surface area contributed by atoms with Crippen molar-refractivity contribution < 1.29 is 14.3 Å². The number of rotatable bonds is 1. The van der Waals surface area contributed by atoms with Crippen LogP contribution in [0.5, 0.6) is 0 Å². The topological polar surface area (TPSA) is 61.9 Å². The zero-order valence-electron chi connectivity index (χ0n) is 16.6. The van der Waals surface area contributed by atoms with Gasteiger partial charge < -0.3 is 15.0 Å². The molecule has 1 N–H and O–H groups in total. The summed E-state index contributed by atoms with van der Waals surface area (Å²) in [6, 6.07) is 6.80. The molecule has 2 amide bonds. The summed E-state index contributed by atoms with van der Waals surface area (Å²) in [5, 5.41) is 2.96. The van der Waals surface area contributed by atoms with Crippen LogP contribution in [0.1, 0.15) is 31.7 Å². The maximum Gasteiger partial charge on any atom is 0.229 e. The van der Waals surface area contributed by atoms with Crippen LogP contribution in [-0.2, 0) is 19.7 Å². The van der Waals surface area contributed by atoms with E-state index in [-0.39, 0.29) is 29.4 Å². The van der Waals surface area contributed by atoms with Gasteiger partial charge in [0.1, 0.15) is 0 Å². The van der Waals surface area contributed by atoms with Gasteiger partial charge in [0, 0.05) is 42.2 Å². The molecule has 5 aliphatic heterocycles. The number of ether oxygens (including phenoxy) is 1. The number of carbonyl (C=O) groups excluding carboxylic acids is 2. The van der Waals surface area contributed by atoms with E-state index in [0.717, 1.165) is 30.9 Å². The molecule has 6 heteroatoms. The molecule has 0 aromatic heterocycles. The molecule has 150 valence electrons. The maximum absolute atomic E-state index is 13.4. The van der Waals surface area contributed by atoms with Crippen LogP contribution in [0.4, 0.5) is 11.4 Å². The van der Waals surface area contributed by atoms with E-state index >= 15 is 0 Å². The Balaban J connectivity index is 1.48. The number of nitrogens with zero attached hydrogens (tertiary/aromatic N) is 2. The number of benzene rings is 1. The third kappa shape index (κ3) is 1.86. The van der Waals surface area contributed by atoms with E-state index in [2.05, 4.69) is 33.3 Å². The minimum Gasteiger partial charge on any atom is -0.373 e. The second kappa shape index (κ2) is 5.29. The molecule has 2 bridgehead atoms. The first-order valence-corrected chi connectivity index (χ1v) is 10.9. The van der Waals surface area contributed by atoms with Crippen LogP contribution >= 0.6 is 0 Å². The second-order valence-electron chi connectivity index (χ2n) is 9.67. The number of hydrogen-bond acceptors (Lipinski definition) is 4. The van der Waals surface area contributed by atoms with Crippen LogP contribution in [0.15, 0.2) is 29.8 Å². The summed E-state index contributed by atoms with van der Waals surface area (Å²) in [6.07, 6.45) is 5.05. The van der Waals surface area contributed by atoms with Crippen LogP contribution in [-0.4, -0.2) is 54.6 Å². The maximum atomic E-state index is 13.4. The highest BCUT2D eigenvalue weighted by Crippen LogP contribution is 2.65. The Hall–Kier alpha value is -2.18. The molecular weight excluding hydrogens is 366 g/mol. The number of piperidine rings is 2. The smallest absolute Gasteiger partial charge is 0.229 e. The van der Waals surface area contributed by atoms with E-state index in [1.54, 1.807) is 6.92 Å². The SMILES string of the molecule is CC(=O)Nc1ccc2c(c1)[C@@]13CCN4CC5=CCO[C@H]6CC(=O)N2[C@H]1[C@H]6[C@H]5C[C@H]43. The van der Waals surface area contributed by atoms with E-state index in [4.69, 9.17) is 4.74 Å². The minimum atomic E-state index is -0.0596. The fourth-order valence-corrected chi connectivity index (χ4v) is 7.83. The Kier molecular flexibility index (Phi) is 3.03. The standard InChI is InChI=1S/C23H25N3O3/c1-12(27)24-14-2-3-17-16(8-14)23-5-6-25-11-13-4-7-29-18-10-20(28)26(17)22(23)21(18)15(13)9-19(23)25/h2-4,8,15,18-19,21-22H,5-7,9-11H2,1H3,(H,24,27)/t15-,18-,19-,21-,22-,23+/m0/s1. The van der Waals surface area contributed by atoms with E-state index in [1.165, 1.54) is 17.6 Å². The molecule has 7 rings (SSSR count). The molecule has 6 nitrogen and oxygen atoms in total. The summed E-state index contributed by atoms with van der Waals surface area (Å²) < 4.78 is 6.27. The highest BCUT2D eigenvalue weighted by atomic mass is 16.5. The van der Waals surface area contributed by atoms with E-state index in [9.17, 15) is 9.59 Å². The highest BCUT2D eigenvalue weighted by molar-refractivity contribution is 6.00. The minimum absolute atomic E-state index is 0.0246. The van der Waals surface area contributed by atoms with E-state index < -0.39 is 0 Å². The number of fused-ring (bicyclic) bond motifs is 2. The van der Waals surface area contributed by atoms with Gasteiger partial charge in [0.2, 0.25) is 11.8 Å². The van der Waals surface area contributed by atoms with Gasteiger partial charge in [-0.1, -0.05) is 11.6 Å². The van der Waals surface area contributed by atoms with Crippen molar-refractivity contribution in [3.63, 3.8) is 0 Å². The Morgan fingerprint density at radius 3 is 3.10 bits per heavy atom. The molecule has 0 radical (unpaired) electrons. The number of hydrogen-bond donors (Lipinski definition) is 1. The molecule has 4 fully saturated rings. The normalized spacial score (nSPS) is 41.0. The second-order valence-corrected chi connectivity index (χ2v) is 9.67. The highest BCUT2D eigenvalue weighted by Gasteiger charge is 2.71. The molecule has 6 aliphatic rings. The average Bonchev–Trinajstić information content (AvgIpc) is 3.15. The number of amides is 2. The molecule has 6 atom stereocenters. The van der Waals surface area contributed by atoms with Crippen molar-refractivity contribution >= 4 is 23.2 Å². The van der Waals surface area contributed by atoms with Crippen molar-refractivity contribution in [2.45, 2.75) is 49.8 Å². The largest absolute Gasteiger partial charge is 0.373 e. The van der Waals surface area contributed by atoms with E-state index in [0.29, 0.717) is 30.9 Å². The Labute approximate surface area is 169 Å². The lowest BCUT2D eigenvalue weighted by Crippen LogP contribution is -2.69. The first-order chi connectivity index (χ1) is 14.1. The molecule has 1 spiro atoms. The molecule has 1 saturated carbocycles. The number of anilines is 2. The molecule has 5 heterocycles. The average molecular weight is 391 g/mol. The predicted molar refractivity (Wildman–Crippen MR) is 108 cm³/mol. The van der Waals surface area contributed by atoms with Gasteiger partial charge in [-0.15, -0.1) is 0 Å². The molecule has 0 unspecified atom stereocenters. The monoisotopic (exact) mass is 391 g/mol. The van der Waals surface area contributed by atoms with Crippen LogP contribution in [0.3, 0.4) is 0 Å². The quantitative estimate of drug-likeness (QED) is 0.745. The lowest BCUT2D eigenvalue weighted by molar-refractivity contribution is -0.132. The molecular formula is C23H25N3O3. The van der Waals surface area contributed by atoms with Crippen molar-refractivity contribution in [3.8, 4) is 0 Å². The predicted octanol–water partition coefficient (Wildman–Crippen LogP) is 2.05. The van der Waals surface area contributed by atoms with Gasteiger partial charge in [-0.25, -0.2) is 0 Å². The summed E-state index contributed by atoms with van der Waals surface area (Å²) in [7, 11) is 0. The van der Waals surface area contributed by atoms with Crippen molar-refractivity contribution in [2.75, 3.05) is 29.9 Å². The van der Waals surface area contributed by atoms with Crippen LogP contribution in [0, 0.1) is 11.8 Å². The summed E-state index contributed by atoms with van der Waals surface area (Å²) in [6.45, 7) is 4.31. The van der Waals surface area contributed by atoms with Gasteiger partial charge in [0.15, 0.2) is 0 Å². The number of nitrogens with one attached hydrogen (secondary N) is 1. The Bertz CT molecular complexity index is 1000. The summed E-state index contributed by atoms with van der Waals surface area (Å²) >= 11 is 0. The third-order valence-corrected chi connectivity index (χ3v) is 8.63. The zero-order chi connectivity index (χ0) is 19.5. The lowest BCUT2D eigenvalue weighted by atomic mass is 9.53. The van der Waals surface area contributed by atoms with E-state index in [1.807, 2.05) is 6.07 Å². The fraction of sp³-hybridized carbons (Fsp3) is 0.565. The lowest BCUT2D eigenvalue weighted by Gasteiger charge is -2.58. The Morgan fingerprint density at radius 1 is 1.34 bits per heavy atom. The molecule has 3 saturated heterocycles. The Morgan fingerprint density at radius 2 is 2.24 bits per heavy atom. The summed E-state index contributed by atoms with van der Waals surface area (Å²) in [5.41, 5.74) is 4.66. The van der Waals surface area contributed by atoms with Crippen LogP contribution < -0.4 is 10.2 Å². The summed E-state index contributed by atoms with van der Waals surface area (Å²) in [4.78, 5) is 29.8. The van der Waals surface area contributed by atoms with Crippen molar-refractivity contribution in [1.82, 2.24) is 4.90 Å². The van der Waals surface area contributed by atoms with Crippen molar-refractivity contribution in [1.29, 1.82) is 0 Å². The van der Waals surface area contributed by atoms with Gasteiger partial charge >= 0.3 is 0 Å². The van der Waals surface area contributed by atoms with Crippen molar-refractivity contribution in [2.24, 2.45) is 11.8 Å². The van der Waals surface area contributed by atoms with Crippen molar-refractivity contribution in [3.05, 3.63) is 35.4 Å². The molecule has 1 aromatic rings. The van der Waals surface area contributed by atoms with Gasteiger partial charge in [-0.2, -0.15) is 0 Å². The zero-order valence-corrected chi connectivity index (χ0v) is 16.6. The van der Waals surface area contributed by atoms with Crippen LogP contribution in [0.2, 0.25) is 0 Å². The van der Waals surface area contributed by atoms with Gasteiger partial charge in [-0.05, 0) is 49.1 Å². The van der Waals surface area contributed by atoms with Crippen LogP contribution in [0.25, 0.3) is 0 Å². The van der Waals surface area contributed by atoms with Gasteiger partial charge in [0.05, 0.1) is 25.2 Å². The first kappa shape index (κ1) is 16.6. The molecule has 29 heavy (non-hydrogen) atoms. The first-order valence-electron chi connectivity index (χ1n) is 10.9. The van der Waals surface area contributed by atoms with Gasteiger partial charge in [-0.3, -0.25) is 14.5 Å².